The van der Waals surface area contributed by atoms with Gasteiger partial charge < -0.3 is 4.74 Å². The minimum absolute atomic E-state index is 0.0327. The van der Waals surface area contributed by atoms with Gasteiger partial charge in [0.15, 0.2) is 0 Å². The molecule has 1 amide bonds. The average molecular weight is 492 g/mol. The molecule has 3 aromatic rings. The second-order valence-electron chi connectivity index (χ2n) is 6.62. The fraction of sp³-hybridized carbons (Fsp3) is 0.143. The quantitative estimate of drug-likeness (QED) is 0.363. The van der Waals surface area contributed by atoms with E-state index in [2.05, 4.69) is 4.98 Å². The molecule has 0 spiro atoms. The molecule has 0 saturated carbocycles. The van der Waals surface area contributed by atoms with Gasteiger partial charge in [-0.05, 0) is 49.8 Å². The minimum Gasteiger partial charge on any atom is -0.437 e. The number of pyridine rings is 1. The van der Waals surface area contributed by atoms with Crippen molar-refractivity contribution in [3.05, 3.63) is 73.0 Å². The number of carbonyl (C=O) groups is 1. The van der Waals surface area contributed by atoms with Crippen LogP contribution in [0.2, 0.25) is 10.0 Å². The highest BCUT2D eigenvalue weighted by molar-refractivity contribution is 8.26. The Morgan fingerprint density at radius 3 is 2.71 bits per heavy atom. The van der Waals surface area contributed by atoms with Crippen molar-refractivity contribution in [2.24, 2.45) is 0 Å². The Hall–Kier alpha value is -2.39. The van der Waals surface area contributed by atoms with Crippen LogP contribution in [0, 0.1) is 6.92 Å². The predicted octanol–water partition coefficient (Wildman–Crippen LogP) is 5.32. The number of aryl methyl sites for hydroxylation is 1. The van der Waals surface area contributed by atoms with Gasteiger partial charge in [-0.1, -0.05) is 53.2 Å². The molecule has 2 aromatic heterocycles. The lowest BCUT2D eigenvalue weighted by Gasteiger charge is -2.12. The van der Waals surface area contributed by atoms with Crippen LogP contribution in [0.25, 0.3) is 11.7 Å². The van der Waals surface area contributed by atoms with Crippen molar-refractivity contribution in [3.63, 3.8) is 0 Å². The Bertz CT molecular complexity index is 1340. The van der Waals surface area contributed by atoms with Crippen LogP contribution in [0.15, 0.2) is 46.2 Å². The molecule has 1 aromatic carbocycles. The fourth-order valence-electron chi connectivity index (χ4n) is 3.06. The number of thioether (sulfide) groups is 1. The highest BCUT2D eigenvalue weighted by atomic mass is 35.5. The molecule has 1 aliphatic rings. The first-order valence-electron chi connectivity index (χ1n) is 9.20. The maximum absolute atomic E-state index is 13.3. The highest BCUT2D eigenvalue weighted by Crippen LogP contribution is 2.35. The van der Waals surface area contributed by atoms with Gasteiger partial charge in [0.2, 0.25) is 5.88 Å². The number of thiocarbonyl (C=S) groups is 1. The summed E-state index contributed by atoms with van der Waals surface area (Å²) in [5, 5.41) is 0.714. The number of hydrogen-bond acceptors (Lipinski definition) is 6. The van der Waals surface area contributed by atoms with Crippen LogP contribution in [0.4, 0.5) is 0 Å². The Balaban J connectivity index is 1.93. The summed E-state index contributed by atoms with van der Waals surface area (Å²) in [6.45, 7) is 4.12. The number of ether oxygens (including phenoxy) is 1. The minimum atomic E-state index is -0.379. The first kappa shape index (κ1) is 21.8. The molecule has 0 aliphatic carbocycles. The normalized spacial score (nSPS) is 15.4. The number of nitrogens with zero attached hydrogens (tertiary/aromatic N) is 3. The third-order valence-corrected chi connectivity index (χ3v) is 6.52. The Morgan fingerprint density at radius 2 is 2.03 bits per heavy atom. The van der Waals surface area contributed by atoms with Gasteiger partial charge in [0.1, 0.15) is 21.3 Å². The number of hydrogen-bond donors (Lipinski definition) is 0. The van der Waals surface area contributed by atoms with E-state index in [9.17, 15) is 9.59 Å². The number of aromatic nitrogens is 2. The standard InChI is InChI=1S/C21H15Cl2N3O3S2/c1-3-25-20(28)16(31-21(25)30)10-13-18(29-15-7-6-12(22)9-14(15)23)24-17-11(2)5-4-8-26(17)19(13)27/h4-10H,3H2,1-2H3/b16-10+. The fourth-order valence-corrected chi connectivity index (χ4v) is 4.87. The van der Waals surface area contributed by atoms with Crippen molar-refractivity contribution in [2.75, 3.05) is 6.54 Å². The summed E-state index contributed by atoms with van der Waals surface area (Å²) in [5.74, 6) is 0.0543. The molecule has 0 N–H and O–H groups in total. The van der Waals surface area contributed by atoms with E-state index in [1.807, 2.05) is 19.9 Å². The smallest absolute Gasteiger partial charge is 0.269 e. The highest BCUT2D eigenvalue weighted by Gasteiger charge is 2.31. The predicted molar refractivity (Wildman–Crippen MR) is 128 cm³/mol. The molecule has 3 heterocycles. The number of fused-ring (bicyclic) bond motifs is 1. The van der Waals surface area contributed by atoms with Gasteiger partial charge in [-0.2, -0.15) is 4.98 Å². The van der Waals surface area contributed by atoms with Crippen molar-refractivity contribution in [1.29, 1.82) is 0 Å². The molecule has 10 heteroatoms. The Morgan fingerprint density at radius 1 is 1.26 bits per heavy atom. The molecule has 0 unspecified atom stereocenters. The molecular weight excluding hydrogens is 477 g/mol. The second-order valence-corrected chi connectivity index (χ2v) is 9.14. The SMILES string of the molecule is CCN1C(=O)/C(=C\c2c(Oc3ccc(Cl)cc3Cl)nc3c(C)cccn3c2=O)SC1=S. The van der Waals surface area contributed by atoms with Crippen LogP contribution in [0.3, 0.4) is 0 Å². The topological polar surface area (TPSA) is 63.9 Å². The van der Waals surface area contributed by atoms with Gasteiger partial charge in [0.05, 0.1) is 9.93 Å². The van der Waals surface area contributed by atoms with Crippen molar-refractivity contribution >= 4 is 69.1 Å². The van der Waals surface area contributed by atoms with E-state index in [0.29, 0.717) is 26.4 Å². The van der Waals surface area contributed by atoms with Crippen LogP contribution in [-0.2, 0) is 4.79 Å². The Labute approximate surface area is 197 Å². The third kappa shape index (κ3) is 4.08. The summed E-state index contributed by atoms with van der Waals surface area (Å²) < 4.78 is 7.79. The summed E-state index contributed by atoms with van der Waals surface area (Å²) in [5.41, 5.74) is 0.961. The summed E-state index contributed by atoms with van der Waals surface area (Å²) in [4.78, 5) is 32.4. The zero-order valence-electron chi connectivity index (χ0n) is 16.4. The maximum Gasteiger partial charge on any atom is 0.269 e. The average Bonchev–Trinajstić information content (AvgIpc) is 3.00. The molecule has 1 fully saturated rings. The van der Waals surface area contributed by atoms with Crippen molar-refractivity contribution < 1.29 is 9.53 Å². The number of carbonyl (C=O) groups excluding carboxylic acids is 1. The summed E-state index contributed by atoms with van der Waals surface area (Å²) >= 11 is 18.6. The number of benzene rings is 1. The van der Waals surface area contributed by atoms with Gasteiger partial charge in [-0.15, -0.1) is 0 Å². The lowest BCUT2D eigenvalue weighted by atomic mass is 10.2. The molecular formula is C21H15Cl2N3O3S2. The maximum atomic E-state index is 13.3. The van der Waals surface area contributed by atoms with Gasteiger partial charge in [0.25, 0.3) is 11.5 Å². The summed E-state index contributed by atoms with van der Waals surface area (Å²) in [7, 11) is 0. The van der Waals surface area contributed by atoms with Crippen molar-refractivity contribution in [3.8, 4) is 11.6 Å². The van der Waals surface area contributed by atoms with E-state index < -0.39 is 0 Å². The second kappa shape index (κ2) is 8.63. The van der Waals surface area contributed by atoms with Crippen LogP contribution in [0.5, 0.6) is 11.6 Å². The van der Waals surface area contributed by atoms with E-state index in [1.54, 1.807) is 24.4 Å². The number of rotatable bonds is 4. The number of likely N-dealkylation sites (N-methyl/N-ethyl adjacent to an activating group) is 1. The van der Waals surface area contributed by atoms with Crippen molar-refractivity contribution in [1.82, 2.24) is 14.3 Å². The summed E-state index contributed by atoms with van der Waals surface area (Å²) in [6, 6.07) is 8.33. The van der Waals surface area contributed by atoms with Crippen LogP contribution in [-0.4, -0.2) is 31.1 Å². The lowest BCUT2D eigenvalue weighted by Crippen LogP contribution is -2.27. The van der Waals surface area contributed by atoms with Crippen LogP contribution >= 0.6 is 47.2 Å². The zero-order valence-corrected chi connectivity index (χ0v) is 19.5. The van der Waals surface area contributed by atoms with E-state index in [1.165, 1.54) is 21.4 Å². The molecule has 0 bridgehead atoms. The Kier molecular flexibility index (Phi) is 6.07. The molecule has 0 atom stereocenters. The molecule has 1 aliphatic heterocycles. The van der Waals surface area contributed by atoms with Gasteiger partial charge in [-0.25, -0.2) is 0 Å². The monoisotopic (exact) mass is 491 g/mol. The summed E-state index contributed by atoms with van der Waals surface area (Å²) in [6.07, 6.45) is 3.09. The molecule has 4 rings (SSSR count). The number of amides is 1. The zero-order chi connectivity index (χ0) is 22.3. The van der Waals surface area contributed by atoms with E-state index in [-0.39, 0.29) is 33.7 Å². The number of halogens is 2. The molecule has 158 valence electrons. The van der Waals surface area contributed by atoms with Gasteiger partial charge in [0, 0.05) is 17.8 Å². The molecule has 31 heavy (non-hydrogen) atoms. The van der Waals surface area contributed by atoms with Gasteiger partial charge in [-0.3, -0.25) is 18.9 Å². The van der Waals surface area contributed by atoms with Crippen LogP contribution in [0.1, 0.15) is 18.1 Å². The van der Waals surface area contributed by atoms with Crippen LogP contribution < -0.4 is 10.3 Å². The van der Waals surface area contributed by atoms with E-state index in [0.717, 1.165) is 17.3 Å². The van der Waals surface area contributed by atoms with Crippen molar-refractivity contribution in [2.45, 2.75) is 13.8 Å². The third-order valence-electron chi connectivity index (χ3n) is 4.62. The molecule has 0 radical (unpaired) electrons. The largest absolute Gasteiger partial charge is 0.437 e. The van der Waals surface area contributed by atoms with E-state index >= 15 is 0 Å². The van der Waals surface area contributed by atoms with E-state index in [4.69, 9.17) is 40.2 Å². The first-order chi connectivity index (χ1) is 14.8. The molecule has 6 nitrogen and oxygen atoms in total. The molecule has 1 saturated heterocycles. The van der Waals surface area contributed by atoms with Gasteiger partial charge >= 0.3 is 0 Å². The first-order valence-corrected chi connectivity index (χ1v) is 11.2. The lowest BCUT2D eigenvalue weighted by molar-refractivity contribution is -0.121.